The fourth-order valence-electron chi connectivity index (χ4n) is 2.25. The first kappa shape index (κ1) is 13.3. The van der Waals surface area contributed by atoms with Crippen LogP contribution in [0.5, 0.6) is 0 Å². The first-order chi connectivity index (χ1) is 8.12. The lowest BCUT2D eigenvalue weighted by molar-refractivity contribution is -0.147. The first-order valence-corrected chi connectivity index (χ1v) is 7.61. The summed E-state index contributed by atoms with van der Waals surface area (Å²) in [5, 5.41) is 0. The molecule has 1 fully saturated rings. The van der Waals surface area contributed by atoms with Crippen molar-refractivity contribution in [3.05, 3.63) is 35.9 Å². The van der Waals surface area contributed by atoms with Crippen molar-refractivity contribution in [1.29, 1.82) is 0 Å². The molecule has 2 atom stereocenters. The maximum atomic E-state index is 6.02. The minimum Gasteiger partial charge on any atom is -0.344 e. The topological polar surface area (TPSA) is 18.5 Å². The third-order valence-corrected chi connectivity index (χ3v) is 3.70. The van der Waals surface area contributed by atoms with Gasteiger partial charge < -0.3 is 9.47 Å². The van der Waals surface area contributed by atoms with Gasteiger partial charge in [-0.2, -0.15) is 0 Å². The van der Waals surface area contributed by atoms with Crippen molar-refractivity contribution in [2.24, 2.45) is 0 Å². The van der Waals surface area contributed by atoms with E-state index in [1.54, 1.807) is 0 Å². The molecule has 0 spiro atoms. The van der Waals surface area contributed by atoms with Crippen molar-refractivity contribution in [3.8, 4) is 0 Å². The lowest BCUT2D eigenvalue weighted by Crippen LogP contribution is -2.21. The Bertz CT molecular complexity index is 350. The summed E-state index contributed by atoms with van der Waals surface area (Å²) in [7, 11) is 0. The minimum absolute atomic E-state index is 0.0779. The summed E-state index contributed by atoms with van der Waals surface area (Å²) >= 11 is 2.41. The number of ether oxygens (including phenoxy) is 2. The highest BCUT2D eigenvalue weighted by atomic mass is 127. The molecule has 1 aromatic carbocycles. The van der Waals surface area contributed by atoms with E-state index in [9.17, 15) is 0 Å². The summed E-state index contributed by atoms with van der Waals surface area (Å²) < 4.78 is 13.2. The van der Waals surface area contributed by atoms with E-state index in [1.165, 1.54) is 16.4 Å². The molecule has 94 valence electrons. The van der Waals surface area contributed by atoms with Gasteiger partial charge in [-0.3, -0.25) is 0 Å². The van der Waals surface area contributed by atoms with E-state index in [4.69, 9.17) is 9.47 Å². The van der Waals surface area contributed by atoms with E-state index in [0.29, 0.717) is 0 Å². The van der Waals surface area contributed by atoms with Crippen LogP contribution in [-0.2, 0) is 9.47 Å². The second-order valence-electron chi connectivity index (χ2n) is 4.84. The summed E-state index contributed by atoms with van der Waals surface area (Å²) in [4.78, 5) is 0. The Labute approximate surface area is 117 Å². The molecule has 1 saturated heterocycles. The van der Waals surface area contributed by atoms with Gasteiger partial charge in [0.1, 0.15) is 6.10 Å². The predicted molar refractivity (Wildman–Crippen MR) is 77.3 cm³/mol. The molecule has 1 heterocycles. The molecule has 2 nitrogen and oxygen atoms in total. The van der Waals surface area contributed by atoms with Crippen LogP contribution in [0.2, 0.25) is 0 Å². The summed E-state index contributed by atoms with van der Waals surface area (Å²) in [6.45, 7) is 3.99. The summed E-state index contributed by atoms with van der Waals surface area (Å²) in [6, 6.07) is 10.4. The highest BCUT2D eigenvalue weighted by Crippen LogP contribution is 2.39. The molecule has 2 rings (SSSR count). The van der Waals surface area contributed by atoms with Crippen molar-refractivity contribution in [2.45, 2.75) is 44.7 Å². The molecule has 1 aliphatic rings. The van der Waals surface area contributed by atoms with E-state index in [2.05, 4.69) is 46.9 Å². The largest absolute Gasteiger partial charge is 0.344 e. The lowest BCUT2D eigenvalue weighted by Gasteiger charge is -2.16. The van der Waals surface area contributed by atoms with Crippen molar-refractivity contribution >= 4 is 22.6 Å². The van der Waals surface area contributed by atoms with E-state index >= 15 is 0 Å². The van der Waals surface area contributed by atoms with Gasteiger partial charge in [0.25, 0.3) is 0 Å². The molecule has 1 aliphatic heterocycles. The monoisotopic (exact) mass is 346 g/mol. The standard InChI is InChI=1S/C14H19IO2/c1-14(2)16-12(9-6-10-15)13(17-14)11-7-4-3-5-8-11/h3-5,7-8,12-13H,6,9-10H2,1-2H3. The second-order valence-corrected chi connectivity index (χ2v) is 5.92. The quantitative estimate of drug-likeness (QED) is 0.604. The summed E-state index contributed by atoms with van der Waals surface area (Å²) in [6.07, 6.45) is 2.50. The number of alkyl halides is 1. The van der Waals surface area contributed by atoms with Gasteiger partial charge in [0.15, 0.2) is 5.79 Å². The van der Waals surface area contributed by atoms with Gasteiger partial charge in [-0.25, -0.2) is 0 Å². The lowest BCUT2D eigenvalue weighted by atomic mass is 10.0. The normalized spacial score (nSPS) is 27.2. The van der Waals surface area contributed by atoms with Gasteiger partial charge in [0, 0.05) is 0 Å². The highest BCUT2D eigenvalue weighted by Gasteiger charge is 2.41. The minimum atomic E-state index is -0.462. The number of hydrogen-bond acceptors (Lipinski definition) is 2. The number of rotatable bonds is 4. The van der Waals surface area contributed by atoms with Gasteiger partial charge in [-0.05, 0) is 36.7 Å². The molecular formula is C14H19IO2. The number of halogens is 1. The molecule has 3 heteroatoms. The molecule has 0 N–H and O–H groups in total. The molecule has 0 aromatic heterocycles. The molecular weight excluding hydrogens is 327 g/mol. The zero-order valence-corrected chi connectivity index (χ0v) is 12.5. The van der Waals surface area contributed by atoms with Crippen LogP contribution in [0.25, 0.3) is 0 Å². The molecule has 0 saturated carbocycles. The zero-order valence-electron chi connectivity index (χ0n) is 10.4. The van der Waals surface area contributed by atoms with Crippen LogP contribution < -0.4 is 0 Å². The van der Waals surface area contributed by atoms with Crippen LogP contribution in [-0.4, -0.2) is 16.3 Å². The Balaban J connectivity index is 2.13. The highest BCUT2D eigenvalue weighted by molar-refractivity contribution is 14.1. The molecule has 2 unspecified atom stereocenters. The zero-order chi connectivity index (χ0) is 12.3. The fourth-order valence-corrected chi connectivity index (χ4v) is 2.69. The van der Waals surface area contributed by atoms with Crippen molar-refractivity contribution in [3.63, 3.8) is 0 Å². The van der Waals surface area contributed by atoms with Crippen LogP contribution >= 0.6 is 22.6 Å². The average Bonchev–Trinajstić information content (AvgIpc) is 2.63. The Hall–Kier alpha value is -0.130. The van der Waals surface area contributed by atoms with Crippen molar-refractivity contribution in [2.75, 3.05) is 4.43 Å². The van der Waals surface area contributed by atoms with E-state index < -0.39 is 5.79 Å². The van der Waals surface area contributed by atoms with Gasteiger partial charge in [0.2, 0.25) is 0 Å². The van der Waals surface area contributed by atoms with E-state index in [1.807, 2.05) is 19.9 Å². The second kappa shape index (κ2) is 5.67. The first-order valence-electron chi connectivity index (χ1n) is 6.09. The molecule has 1 aromatic rings. The van der Waals surface area contributed by atoms with Crippen LogP contribution in [0, 0.1) is 0 Å². The Morgan fingerprint density at radius 2 is 1.88 bits per heavy atom. The third-order valence-electron chi connectivity index (χ3n) is 2.93. The third kappa shape index (κ3) is 3.42. The van der Waals surface area contributed by atoms with Crippen LogP contribution in [0.3, 0.4) is 0 Å². The van der Waals surface area contributed by atoms with Gasteiger partial charge in [-0.1, -0.05) is 52.9 Å². The number of hydrogen-bond donors (Lipinski definition) is 0. The number of benzene rings is 1. The predicted octanol–water partition coefficient (Wildman–Crippen LogP) is 4.09. The Morgan fingerprint density at radius 3 is 2.53 bits per heavy atom. The Morgan fingerprint density at radius 1 is 1.18 bits per heavy atom. The van der Waals surface area contributed by atoms with Crippen LogP contribution in [0.4, 0.5) is 0 Å². The van der Waals surface area contributed by atoms with Gasteiger partial charge in [0.05, 0.1) is 6.10 Å². The van der Waals surface area contributed by atoms with Crippen molar-refractivity contribution in [1.82, 2.24) is 0 Å². The molecule has 0 bridgehead atoms. The molecule has 0 aliphatic carbocycles. The molecule has 0 amide bonds. The Kier molecular flexibility index (Phi) is 4.44. The maximum Gasteiger partial charge on any atom is 0.164 e. The average molecular weight is 346 g/mol. The smallest absolute Gasteiger partial charge is 0.164 e. The van der Waals surface area contributed by atoms with Crippen molar-refractivity contribution < 1.29 is 9.47 Å². The molecule has 17 heavy (non-hydrogen) atoms. The summed E-state index contributed by atoms with van der Waals surface area (Å²) in [5.41, 5.74) is 1.22. The fraction of sp³-hybridized carbons (Fsp3) is 0.571. The van der Waals surface area contributed by atoms with Crippen LogP contribution in [0.1, 0.15) is 38.4 Å². The van der Waals surface area contributed by atoms with E-state index in [0.717, 1.165) is 6.42 Å². The van der Waals surface area contributed by atoms with Gasteiger partial charge >= 0.3 is 0 Å². The SMILES string of the molecule is CC1(C)OC(CCCI)C(c2ccccc2)O1. The van der Waals surface area contributed by atoms with E-state index in [-0.39, 0.29) is 12.2 Å². The summed E-state index contributed by atoms with van der Waals surface area (Å²) in [5.74, 6) is -0.462. The maximum absolute atomic E-state index is 6.02. The van der Waals surface area contributed by atoms with Gasteiger partial charge in [-0.15, -0.1) is 0 Å². The molecule has 0 radical (unpaired) electrons. The van der Waals surface area contributed by atoms with Crippen LogP contribution in [0.15, 0.2) is 30.3 Å².